The van der Waals surface area contributed by atoms with Gasteiger partial charge >= 0.3 is 0 Å². The summed E-state index contributed by atoms with van der Waals surface area (Å²) in [5.74, 6) is -2.32. The molecule has 0 aromatic heterocycles. The van der Waals surface area contributed by atoms with E-state index in [1.54, 1.807) is 12.1 Å². The number of benzene rings is 2. The van der Waals surface area contributed by atoms with Crippen LogP contribution in [-0.4, -0.2) is 12.5 Å². The predicted molar refractivity (Wildman–Crippen MR) is 108 cm³/mol. The van der Waals surface area contributed by atoms with Crippen LogP contribution in [0.4, 0.5) is 13.2 Å². The highest BCUT2D eigenvalue weighted by Gasteiger charge is 2.35. The molecule has 0 saturated heterocycles. The van der Waals surface area contributed by atoms with Crippen LogP contribution in [0.15, 0.2) is 42.0 Å². The van der Waals surface area contributed by atoms with Crippen molar-refractivity contribution in [2.45, 2.75) is 58.8 Å². The zero-order valence-corrected chi connectivity index (χ0v) is 16.7. The van der Waals surface area contributed by atoms with Crippen LogP contribution in [0, 0.1) is 19.7 Å². The van der Waals surface area contributed by atoms with E-state index in [1.807, 2.05) is 13.0 Å². The number of rotatable bonds is 6. The molecule has 0 aliphatic heterocycles. The Kier molecular flexibility index (Phi) is 6.17. The van der Waals surface area contributed by atoms with Crippen molar-refractivity contribution >= 4 is 5.57 Å². The number of hydrogen-bond acceptors (Lipinski definition) is 1. The predicted octanol–water partition coefficient (Wildman–Crippen LogP) is 7.05. The van der Waals surface area contributed by atoms with E-state index in [4.69, 9.17) is 4.74 Å². The standard InChI is InChI=1S/C24H27F3O/c1-4-5-18-8-11-23(17(3)16(18)2)28-15-20-14-24(26,27)13-12-22(20)19-6-9-21(25)10-7-19/h6-11H,4-5,12-15H2,1-3H3. The molecule has 2 aromatic carbocycles. The second-order valence-corrected chi connectivity index (χ2v) is 7.63. The molecule has 0 radical (unpaired) electrons. The smallest absolute Gasteiger partial charge is 0.252 e. The van der Waals surface area contributed by atoms with E-state index in [0.717, 1.165) is 35.3 Å². The first-order valence-electron chi connectivity index (χ1n) is 9.87. The van der Waals surface area contributed by atoms with Crippen molar-refractivity contribution < 1.29 is 17.9 Å². The van der Waals surface area contributed by atoms with Crippen LogP contribution in [0.1, 0.15) is 54.9 Å². The van der Waals surface area contributed by atoms with E-state index < -0.39 is 5.92 Å². The molecule has 0 N–H and O–H groups in total. The van der Waals surface area contributed by atoms with E-state index in [0.29, 0.717) is 5.57 Å². The monoisotopic (exact) mass is 388 g/mol. The van der Waals surface area contributed by atoms with Crippen molar-refractivity contribution in [2.24, 2.45) is 0 Å². The molecule has 0 unspecified atom stereocenters. The minimum atomic E-state index is -2.72. The molecule has 2 aromatic rings. The number of ether oxygens (including phenoxy) is 1. The van der Waals surface area contributed by atoms with Gasteiger partial charge < -0.3 is 4.74 Å². The molecule has 0 amide bonds. The second kappa shape index (κ2) is 8.42. The Morgan fingerprint density at radius 1 is 1.00 bits per heavy atom. The molecule has 28 heavy (non-hydrogen) atoms. The van der Waals surface area contributed by atoms with Crippen LogP contribution in [0.3, 0.4) is 0 Å². The molecule has 0 heterocycles. The van der Waals surface area contributed by atoms with E-state index in [9.17, 15) is 13.2 Å². The molecule has 3 rings (SSSR count). The first-order valence-corrected chi connectivity index (χ1v) is 9.87. The first-order chi connectivity index (χ1) is 13.3. The van der Waals surface area contributed by atoms with Gasteiger partial charge in [-0.2, -0.15) is 0 Å². The molecular weight excluding hydrogens is 361 g/mol. The minimum absolute atomic E-state index is 0.121. The molecule has 1 nitrogen and oxygen atoms in total. The van der Waals surface area contributed by atoms with Crippen molar-refractivity contribution in [1.29, 1.82) is 0 Å². The Hall–Kier alpha value is -2.23. The van der Waals surface area contributed by atoms with Crippen molar-refractivity contribution in [1.82, 2.24) is 0 Å². The fraction of sp³-hybridized carbons (Fsp3) is 0.417. The largest absolute Gasteiger partial charge is 0.489 e. The fourth-order valence-corrected chi connectivity index (χ4v) is 3.84. The third-order valence-corrected chi connectivity index (χ3v) is 5.60. The molecule has 0 atom stereocenters. The van der Waals surface area contributed by atoms with Gasteiger partial charge in [-0.3, -0.25) is 0 Å². The lowest BCUT2D eigenvalue weighted by atomic mass is 9.85. The van der Waals surface area contributed by atoms with E-state index in [2.05, 4.69) is 19.9 Å². The minimum Gasteiger partial charge on any atom is -0.489 e. The van der Waals surface area contributed by atoms with Crippen LogP contribution in [-0.2, 0) is 6.42 Å². The number of allylic oxidation sites excluding steroid dienone is 1. The summed E-state index contributed by atoms with van der Waals surface area (Å²) in [6, 6.07) is 10.0. The molecule has 0 fully saturated rings. The van der Waals surface area contributed by atoms with E-state index >= 15 is 0 Å². The molecule has 150 valence electrons. The SMILES string of the molecule is CCCc1ccc(OCC2=C(c3ccc(F)cc3)CCC(F)(F)C2)c(C)c1C. The lowest BCUT2D eigenvalue weighted by Gasteiger charge is -2.28. The summed E-state index contributed by atoms with van der Waals surface area (Å²) in [7, 11) is 0. The summed E-state index contributed by atoms with van der Waals surface area (Å²) in [6.07, 6.45) is 1.85. The van der Waals surface area contributed by atoms with Crippen LogP contribution in [0.5, 0.6) is 5.75 Å². The maximum Gasteiger partial charge on any atom is 0.252 e. The Morgan fingerprint density at radius 2 is 1.71 bits per heavy atom. The molecule has 1 aliphatic rings. The highest BCUT2D eigenvalue weighted by Crippen LogP contribution is 2.41. The highest BCUT2D eigenvalue weighted by atomic mass is 19.3. The lowest BCUT2D eigenvalue weighted by Crippen LogP contribution is -2.24. The molecule has 1 aliphatic carbocycles. The van der Waals surface area contributed by atoms with Gasteiger partial charge in [0.25, 0.3) is 5.92 Å². The van der Waals surface area contributed by atoms with Crippen LogP contribution in [0.2, 0.25) is 0 Å². The highest BCUT2D eigenvalue weighted by molar-refractivity contribution is 5.70. The lowest BCUT2D eigenvalue weighted by molar-refractivity contribution is -0.0112. The fourth-order valence-electron chi connectivity index (χ4n) is 3.84. The van der Waals surface area contributed by atoms with Gasteiger partial charge in [0.05, 0.1) is 0 Å². The second-order valence-electron chi connectivity index (χ2n) is 7.63. The van der Waals surface area contributed by atoms with Gasteiger partial charge in [0.15, 0.2) is 0 Å². The number of alkyl halides is 2. The number of aryl methyl sites for hydroxylation is 1. The zero-order valence-electron chi connectivity index (χ0n) is 16.7. The van der Waals surface area contributed by atoms with Crippen molar-refractivity contribution in [2.75, 3.05) is 6.61 Å². The van der Waals surface area contributed by atoms with Gasteiger partial charge in [-0.15, -0.1) is 0 Å². The molecule has 0 bridgehead atoms. The third kappa shape index (κ3) is 4.60. The van der Waals surface area contributed by atoms with Gasteiger partial charge in [0.1, 0.15) is 18.2 Å². The first kappa shape index (κ1) is 20.5. The van der Waals surface area contributed by atoms with Gasteiger partial charge in [-0.05, 0) is 78.3 Å². The number of hydrogen-bond donors (Lipinski definition) is 0. The molecule has 0 spiro atoms. The van der Waals surface area contributed by atoms with Gasteiger partial charge in [0, 0.05) is 12.8 Å². The summed E-state index contributed by atoms with van der Waals surface area (Å²) < 4.78 is 47.4. The summed E-state index contributed by atoms with van der Waals surface area (Å²) in [6.45, 7) is 6.35. The van der Waals surface area contributed by atoms with E-state index in [1.165, 1.54) is 23.3 Å². The Morgan fingerprint density at radius 3 is 2.39 bits per heavy atom. The van der Waals surface area contributed by atoms with Crippen LogP contribution < -0.4 is 4.74 Å². The summed E-state index contributed by atoms with van der Waals surface area (Å²) >= 11 is 0. The van der Waals surface area contributed by atoms with Crippen molar-refractivity contribution in [3.63, 3.8) is 0 Å². The molecule has 4 heteroatoms. The molecular formula is C24H27F3O. The maximum atomic E-state index is 14.1. The Labute approximate surface area is 165 Å². The van der Waals surface area contributed by atoms with Crippen LogP contribution >= 0.6 is 0 Å². The Bertz CT molecular complexity index is 866. The zero-order chi connectivity index (χ0) is 20.3. The third-order valence-electron chi connectivity index (χ3n) is 5.60. The molecule has 0 saturated carbocycles. The van der Waals surface area contributed by atoms with Crippen molar-refractivity contribution in [3.8, 4) is 5.75 Å². The average Bonchev–Trinajstić information content (AvgIpc) is 2.65. The normalized spacial score (nSPS) is 16.4. The van der Waals surface area contributed by atoms with Gasteiger partial charge in [0.2, 0.25) is 0 Å². The Balaban J connectivity index is 1.87. The maximum absolute atomic E-state index is 14.1. The van der Waals surface area contributed by atoms with Gasteiger partial charge in [-0.1, -0.05) is 31.5 Å². The van der Waals surface area contributed by atoms with Crippen LogP contribution in [0.25, 0.3) is 5.57 Å². The average molecular weight is 388 g/mol. The topological polar surface area (TPSA) is 9.23 Å². The van der Waals surface area contributed by atoms with Crippen molar-refractivity contribution in [3.05, 3.63) is 70.0 Å². The quantitative estimate of drug-likeness (QED) is 0.515. The summed E-state index contributed by atoms with van der Waals surface area (Å²) in [5, 5.41) is 0. The van der Waals surface area contributed by atoms with Gasteiger partial charge in [-0.25, -0.2) is 13.2 Å². The van der Waals surface area contributed by atoms with E-state index in [-0.39, 0.29) is 31.7 Å². The number of halogens is 3. The summed E-state index contributed by atoms with van der Waals surface area (Å²) in [5.41, 5.74) is 5.78. The summed E-state index contributed by atoms with van der Waals surface area (Å²) in [4.78, 5) is 0.